The highest BCUT2D eigenvalue weighted by molar-refractivity contribution is 8.13. The van der Waals surface area contributed by atoms with Crippen molar-refractivity contribution in [2.45, 2.75) is 12.8 Å². The van der Waals surface area contributed by atoms with Gasteiger partial charge in [0.05, 0.1) is 18.0 Å². The summed E-state index contributed by atoms with van der Waals surface area (Å²) >= 11 is 1.35. The zero-order valence-corrected chi connectivity index (χ0v) is 18.1. The van der Waals surface area contributed by atoms with Gasteiger partial charge in [-0.25, -0.2) is 0 Å². The summed E-state index contributed by atoms with van der Waals surface area (Å²) in [5.41, 5.74) is 9.14. The Bertz CT molecular complexity index is 952. The van der Waals surface area contributed by atoms with E-state index in [0.717, 1.165) is 41.1 Å². The normalized spacial score (nSPS) is 11.2. The molecule has 158 valence electrons. The van der Waals surface area contributed by atoms with E-state index < -0.39 is 0 Å². The van der Waals surface area contributed by atoms with Crippen molar-refractivity contribution in [1.82, 2.24) is 9.97 Å². The number of unbranched alkanes of at least 4 members (excludes halogenated alkanes) is 1. The summed E-state index contributed by atoms with van der Waals surface area (Å²) < 4.78 is 5.81. The lowest BCUT2D eigenvalue weighted by atomic mass is 10.2. The third-order valence-corrected chi connectivity index (χ3v) is 5.07. The molecular formula is C25H26N4OS. The van der Waals surface area contributed by atoms with Crippen LogP contribution in [0, 0.1) is 5.41 Å². The molecule has 3 rings (SSSR count). The van der Waals surface area contributed by atoms with Crippen molar-refractivity contribution in [2.24, 2.45) is 5.73 Å². The van der Waals surface area contributed by atoms with Gasteiger partial charge in [0.2, 0.25) is 0 Å². The summed E-state index contributed by atoms with van der Waals surface area (Å²) in [6.45, 7) is 0.520. The van der Waals surface area contributed by atoms with Gasteiger partial charge in [-0.05, 0) is 42.2 Å². The number of amidine groups is 1. The fourth-order valence-corrected chi connectivity index (χ4v) is 3.31. The largest absolute Gasteiger partial charge is 0.463 e. The third kappa shape index (κ3) is 8.48. The van der Waals surface area contributed by atoms with Gasteiger partial charge >= 0.3 is 6.01 Å². The molecule has 0 saturated carbocycles. The van der Waals surface area contributed by atoms with Crippen molar-refractivity contribution in [2.75, 3.05) is 12.4 Å². The summed E-state index contributed by atoms with van der Waals surface area (Å²) in [6, 6.07) is 22.5. The van der Waals surface area contributed by atoms with Gasteiger partial charge in [0.25, 0.3) is 0 Å². The minimum absolute atomic E-state index is 0.150. The molecule has 0 saturated heterocycles. The second-order valence-electron chi connectivity index (χ2n) is 6.76. The zero-order chi connectivity index (χ0) is 21.7. The van der Waals surface area contributed by atoms with Crippen LogP contribution in [0.15, 0.2) is 66.7 Å². The molecule has 0 bridgehead atoms. The lowest BCUT2D eigenvalue weighted by Crippen LogP contribution is -2.06. The van der Waals surface area contributed by atoms with E-state index in [4.69, 9.17) is 15.9 Å². The Labute approximate surface area is 187 Å². The van der Waals surface area contributed by atoms with Gasteiger partial charge in [0.15, 0.2) is 5.17 Å². The Morgan fingerprint density at radius 1 is 0.839 bits per heavy atom. The van der Waals surface area contributed by atoms with Crippen LogP contribution in [0.2, 0.25) is 0 Å². The molecule has 0 aliphatic rings. The van der Waals surface area contributed by atoms with Gasteiger partial charge in [0, 0.05) is 5.75 Å². The maximum absolute atomic E-state index is 7.24. The van der Waals surface area contributed by atoms with E-state index in [2.05, 4.69) is 9.97 Å². The van der Waals surface area contributed by atoms with Crippen molar-refractivity contribution in [3.63, 3.8) is 0 Å². The van der Waals surface area contributed by atoms with Crippen LogP contribution < -0.4 is 10.5 Å². The number of nitrogens with one attached hydrogen (secondary N) is 1. The first-order valence-electron chi connectivity index (χ1n) is 10.1. The Hall–Kier alpha value is -3.38. The van der Waals surface area contributed by atoms with E-state index in [-0.39, 0.29) is 5.17 Å². The molecule has 0 aliphatic heterocycles. The lowest BCUT2D eigenvalue weighted by Gasteiger charge is -2.06. The Morgan fingerprint density at radius 3 is 1.90 bits per heavy atom. The molecule has 0 radical (unpaired) electrons. The van der Waals surface area contributed by atoms with Crippen molar-refractivity contribution >= 4 is 41.2 Å². The number of ether oxygens (including phenoxy) is 1. The number of hydrogen-bond donors (Lipinski definition) is 2. The van der Waals surface area contributed by atoms with Crippen LogP contribution in [0.5, 0.6) is 6.01 Å². The highest BCUT2D eigenvalue weighted by Crippen LogP contribution is 2.15. The number of rotatable bonds is 10. The van der Waals surface area contributed by atoms with E-state index in [1.807, 2.05) is 91.0 Å². The van der Waals surface area contributed by atoms with Crippen molar-refractivity contribution in [3.05, 3.63) is 89.2 Å². The number of nitrogens with two attached hydrogens (primary N) is 1. The van der Waals surface area contributed by atoms with Crippen LogP contribution in [0.25, 0.3) is 24.3 Å². The van der Waals surface area contributed by atoms with Gasteiger partial charge in [-0.3, -0.25) is 5.41 Å². The van der Waals surface area contributed by atoms with E-state index >= 15 is 0 Å². The molecule has 0 aliphatic carbocycles. The first-order valence-corrected chi connectivity index (χ1v) is 11.1. The van der Waals surface area contributed by atoms with Gasteiger partial charge in [-0.1, -0.05) is 84.6 Å². The molecule has 0 unspecified atom stereocenters. The molecule has 3 N–H and O–H groups in total. The van der Waals surface area contributed by atoms with Gasteiger partial charge < -0.3 is 10.5 Å². The molecule has 0 atom stereocenters. The van der Waals surface area contributed by atoms with Crippen LogP contribution in [-0.4, -0.2) is 27.5 Å². The van der Waals surface area contributed by atoms with E-state index in [1.54, 1.807) is 0 Å². The summed E-state index contributed by atoms with van der Waals surface area (Å²) in [4.78, 5) is 9.07. The van der Waals surface area contributed by atoms with Crippen LogP contribution in [0.3, 0.4) is 0 Å². The fourth-order valence-electron chi connectivity index (χ4n) is 2.74. The maximum atomic E-state index is 7.24. The standard InChI is InChI=1S/C25H26N4OS/c26-24(27)31-18-8-7-17-30-25-28-22(15-13-20-9-3-1-4-10-20)19-23(29-25)16-14-21-11-5-2-6-12-21/h1-6,9-16,19H,7-8,17-18H2,(H3,26,27)/b15-13+,16-14+. The van der Waals surface area contributed by atoms with Crippen LogP contribution in [0.4, 0.5) is 0 Å². The maximum Gasteiger partial charge on any atom is 0.317 e. The summed E-state index contributed by atoms with van der Waals surface area (Å²) in [5, 5.41) is 7.39. The topological polar surface area (TPSA) is 84.9 Å². The van der Waals surface area contributed by atoms with E-state index in [1.165, 1.54) is 11.8 Å². The minimum atomic E-state index is 0.150. The molecule has 6 heteroatoms. The molecule has 2 aromatic carbocycles. The van der Waals surface area contributed by atoms with Crippen LogP contribution in [-0.2, 0) is 0 Å². The van der Waals surface area contributed by atoms with E-state index in [9.17, 15) is 0 Å². The average molecular weight is 431 g/mol. The van der Waals surface area contributed by atoms with Crippen molar-refractivity contribution in [3.8, 4) is 6.01 Å². The molecule has 3 aromatic rings. The molecule has 0 spiro atoms. The highest BCUT2D eigenvalue weighted by atomic mass is 32.2. The average Bonchev–Trinajstić information content (AvgIpc) is 2.80. The smallest absolute Gasteiger partial charge is 0.317 e. The van der Waals surface area contributed by atoms with E-state index in [0.29, 0.717) is 12.6 Å². The molecule has 5 nitrogen and oxygen atoms in total. The molecule has 31 heavy (non-hydrogen) atoms. The number of benzene rings is 2. The van der Waals surface area contributed by atoms with Crippen molar-refractivity contribution in [1.29, 1.82) is 5.41 Å². The Morgan fingerprint density at radius 2 is 1.39 bits per heavy atom. The summed E-state index contributed by atoms with van der Waals surface area (Å²) in [7, 11) is 0. The number of hydrogen-bond acceptors (Lipinski definition) is 5. The van der Waals surface area contributed by atoms with Gasteiger partial charge in [0.1, 0.15) is 0 Å². The van der Waals surface area contributed by atoms with Gasteiger partial charge in [-0.15, -0.1) is 0 Å². The molecular weight excluding hydrogens is 404 g/mol. The monoisotopic (exact) mass is 430 g/mol. The molecule has 1 aromatic heterocycles. The lowest BCUT2D eigenvalue weighted by molar-refractivity contribution is 0.285. The second kappa shape index (κ2) is 12.3. The molecule has 0 fully saturated rings. The van der Waals surface area contributed by atoms with Crippen LogP contribution in [0.1, 0.15) is 35.4 Å². The van der Waals surface area contributed by atoms with Crippen LogP contribution >= 0.6 is 11.8 Å². The predicted octanol–water partition coefficient (Wildman–Crippen LogP) is 5.60. The summed E-state index contributed by atoms with van der Waals surface area (Å²) in [5.74, 6) is 0.810. The quantitative estimate of drug-likeness (QED) is 0.248. The minimum Gasteiger partial charge on any atom is -0.463 e. The zero-order valence-electron chi connectivity index (χ0n) is 17.3. The molecule has 0 amide bonds. The fraction of sp³-hybridized carbons (Fsp3) is 0.160. The Balaban J connectivity index is 1.71. The number of thioether (sulfide) groups is 1. The Kier molecular flexibility index (Phi) is 8.88. The third-order valence-electron chi connectivity index (χ3n) is 4.26. The predicted molar refractivity (Wildman–Crippen MR) is 132 cm³/mol. The van der Waals surface area contributed by atoms with Crippen molar-refractivity contribution < 1.29 is 4.74 Å². The SMILES string of the molecule is N=C(N)SCCCCOc1nc(/C=C/c2ccccc2)cc(/C=C/c2ccccc2)n1. The van der Waals surface area contributed by atoms with Gasteiger partial charge in [-0.2, -0.15) is 9.97 Å². The second-order valence-corrected chi connectivity index (χ2v) is 7.89. The first kappa shape index (κ1) is 22.3. The highest BCUT2D eigenvalue weighted by Gasteiger charge is 2.03. The first-order chi connectivity index (χ1) is 15.2. The molecule has 1 heterocycles. The number of nitrogens with zero attached hydrogens (tertiary/aromatic N) is 2. The number of aromatic nitrogens is 2. The summed E-state index contributed by atoms with van der Waals surface area (Å²) in [6.07, 6.45) is 9.74.